The van der Waals surface area contributed by atoms with E-state index in [0.29, 0.717) is 17.1 Å². The zero-order valence-electron chi connectivity index (χ0n) is 10.8. The number of carbonyl (C=O) groups is 1. The summed E-state index contributed by atoms with van der Waals surface area (Å²) in [6, 6.07) is 5.76. The Kier molecular flexibility index (Phi) is 4.63. The van der Waals surface area contributed by atoms with E-state index in [-0.39, 0.29) is 23.9 Å². The van der Waals surface area contributed by atoms with Crippen LogP contribution in [-0.4, -0.2) is 22.5 Å². The van der Waals surface area contributed by atoms with E-state index in [1.165, 1.54) is 18.3 Å². The van der Waals surface area contributed by atoms with Gasteiger partial charge in [0.15, 0.2) is 5.82 Å². The maximum atomic E-state index is 12.9. The average molecular weight is 295 g/mol. The van der Waals surface area contributed by atoms with E-state index in [9.17, 15) is 9.18 Å². The van der Waals surface area contributed by atoms with Crippen molar-refractivity contribution in [2.24, 2.45) is 0 Å². The number of alkyl halides is 1. The number of rotatable bonds is 4. The number of hydrogen-bond acceptors (Lipinski definition) is 4. The Morgan fingerprint density at radius 2 is 2.05 bits per heavy atom. The second-order valence-electron chi connectivity index (χ2n) is 3.91. The van der Waals surface area contributed by atoms with Gasteiger partial charge in [-0.3, -0.25) is 0 Å². The molecule has 2 aromatic rings. The molecule has 104 valence electrons. The zero-order valence-corrected chi connectivity index (χ0v) is 11.5. The third kappa shape index (κ3) is 3.11. The van der Waals surface area contributed by atoms with Crippen molar-refractivity contribution in [2.75, 3.05) is 6.61 Å². The van der Waals surface area contributed by atoms with Gasteiger partial charge in [0.1, 0.15) is 11.4 Å². The van der Waals surface area contributed by atoms with E-state index in [1.807, 2.05) is 0 Å². The van der Waals surface area contributed by atoms with Gasteiger partial charge in [0.25, 0.3) is 0 Å². The van der Waals surface area contributed by atoms with Crippen molar-refractivity contribution >= 4 is 17.6 Å². The van der Waals surface area contributed by atoms with Crippen molar-refractivity contribution in [3.8, 4) is 11.4 Å². The van der Waals surface area contributed by atoms with Crippen molar-refractivity contribution in [3.05, 3.63) is 47.5 Å². The maximum Gasteiger partial charge on any atom is 0.341 e. The molecule has 1 aromatic carbocycles. The van der Waals surface area contributed by atoms with Crippen LogP contribution in [0.1, 0.15) is 23.0 Å². The first-order chi connectivity index (χ1) is 9.65. The lowest BCUT2D eigenvalue weighted by molar-refractivity contribution is 0.0524. The van der Waals surface area contributed by atoms with Crippen molar-refractivity contribution in [1.29, 1.82) is 0 Å². The molecule has 6 heteroatoms. The molecule has 4 nitrogen and oxygen atoms in total. The molecule has 1 aromatic heterocycles. The summed E-state index contributed by atoms with van der Waals surface area (Å²) < 4.78 is 17.8. The van der Waals surface area contributed by atoms with Crippen LogP contribution in [0.25, 0.3) is 11.4 Å². The molecule has 0 fully saturated rings. The number of aromatic nitrogens is 2. The van der Waals surface area contributed by atoms with Gasteiger partial charge in [0.2, 0.25) is 0 Å². The molecule has 0 saturated heterocycles. The fourth-order valence-corrected chi connectivity index (χ4v) is 1.84. The molecule has 0 spiro atoms. The van der Waals surface area contributed by atoms with Crippen LogP contribution in [0.15, 0.2) is 30.5 Å². The summed E-state index contributed by atoms with van der Waals surface area (Å²) in [5.41, 5.74) is 1.28. The number of ether oxygens (including phenoxy) is 1. The van der Waals surface area contributed by atoms with Gasteiger partial charge in [-0.15, -0.1) is 11.6 Å². The molecule has 0 amide bonds. The molecule has 1 heterocycles. The van der Waals surface area contributed by atoms with Gasteiger partial charge in [-0.25, -0.2) is 19.2 Å². The summed E-state index contributed by atoms with van der Waals surface area (Å²) in [7, 11) is 0. The molecule has 0 radical (unpaired) electrons. The minimum Gasteiger partial charge on any atom is -0.462 e. The Labute approximate surface area is 120 Å². The highest BCUT2D eigenvalue weighted by atomic mass is 35.5. The lowest BCUT2D eigenvalue weighted by Gasteiger charge is -2.07. The normalized spacial score (nSPS) is 10.3. The molecule has 0 aliphatic heterocycles. The summed E-state index contributed by atoms with van der Waals surface area (Å²) >= 11 is 5.80. The fourth-order valence-electron chi connectivity index (χ4n) is 1.64. The van der Waals surface area contributed by atoms with E-state index >= 15 is 0 Å². The van der Waals surface area contributed by atoms with Crippen LogP contribution in [0, 0.1) is 5.82 Å². The van der Waals surface area contributed by atoms with Crippen LogP contribution in [0.2, 0.25) is 0 Å². The highest BCUT2D eigenvalue weighted by Crippen LogP contribution is 2.18. The van der Waals surface area contributed by atoms with Crippen LogP contribution < -0.4 is 0 Å². The fraction of sp³-hybridized carbons (Fsp3) is 0.214. The SMILES string of the molecule is CCOC(=O)c1cnc(-c2ccc(F)cc2)nc1CCl. The summed E-state index contributed by atoms with van der Waals surface area (Å²) in [6.07, 6.45) is 1.38. The number of benzene rings is 1. The van der Waals surface area contributed by atoms with E-state index in [0.717, 1.165) is 0 Å². The average Bonchev–Trinajstić information content (AvgIpc) is 2.47. The van der Waals surface area contributed by atoms with Crippen LogP contribution in [0.3, 0.4) is 0 Å². The number of nitrogens with zero attached hydrogens (tertiary/aromatic N) is 2. The Morgan fingerprint density at radius 1 is 1.35 bits per heavy atom. The second kappa shape index (κ2) is 6.43. The van der Waals surface area contributed by atoms with Crippen molar-refractivity contribution in [1.82, 2.24) is 9.97 Å². The van der Waals surface area contributed by atoms with E-state index < -0.39 is 5.97 Å². The molecule has 0 atom stereocenters. The van der Waals surface area contributed by atoms with Gasteiger partial charge >= 0.3 is 5.97 Å². The molecule has 0 bridgehead atoms. The van der Waals surface area contributed by atoms with Gasteiger partial charge in [-0.1, -0.05) is 0 Å². The minimum absolute atomic E-state index is 0.0604. The predicted molar refractivity (Wildman–Crippen MR) is 72.9 cm³/mol. The molecule has 0 aliphatic rings. The molecule has 0 N–H and O–H groups in total. The molecular weight excluding hydrogens is 283 g/mol. The molecule has 0 saturated carbocycles. The van der Waals surface area contributed by atoms with Crippen LogP contribution in [0.5, 0.6) is 0 Å². The Hall–Kier alpha value is -2.01. The Bertz CT molecular complexity index is 617. The smallest absolute Gasteiger partial charge is 0.341 e. The molecule has 2 rings (SSSR count). The summed E-state index contributed by atoms with van der Waals surface area (Å²) in [5, 5.41) is 0. The molecule has 0 unspecified atom stereocenters. The third-order valence-electron chi connectivity index (χ3n) is 2.59. The van der Waals surface area contributed by atoms with Gasteiger partial charge in [0.05, 0.1) is 18.2 Å². The number of esters is 1. The highest BCUT2D eigenvalue weighted by Gasteiger charge is 2.15. The first kappa shape index (κ1) is 14.4. The lowest BCUT2D eigenvalue weighted by atomic mass is 10.2. The molecule has 20 heavy (non-hydrogen) atoms. The zero-order chi connectivity index (χ0) is 14.5. The topological polar surface area (TPSA) is 52.1 Å². The van der Waals surface area contributed by atoms with Gasteiger partial charge in [-0.05, 0) is 31.2 Å². The molecule has 0 aliphatic carbocycles. The van der Waals surface area contributed by atoms with Crippen molar-refractivity contribution < 1.29 is 13.9 Å². The van der Waals surface area contributed by atoms with Crippen molar-refractivity contribution in [2.45, 2.75) is 12.8 Å². The van der Waals surface area contributed by atoms with Gasteiger partial charge in [-0.2, -0.15) is 0 Å². The lowest BCUT2D eigenvalue weighted by Crippen LogP contribution is -2.10. The summed E-state index contributed by atoms with van der Waals surface area (Å²) in [6.45, 7) is 1.98. The Morgan fingerprint density at radius 3 is 2.65 bits per heavy atom. The van der Waals surface area contributed by atoms with E-state index in [2.05, 4.69) is 9.97 Å². The van der Waals surface area contributed by atoms with Crippen LogP contribution >= 0.6 is 11.6 Å². The van der Waals surface area contributed by atoms with Gasteiger partial charge in [0, 0.05) is 11.8 Å². The predicted octanol–water partition coefficient (Wildman–Crippen LogP) is 3.20. The number of halogens is 2. The first-order valence-corrected chi connectivity index (χ1v) is 6.54. The maximum absolute atomic E-state index is 12.9. The number of hydrogen-bond donors (Lipinski definition) is 0. The summed E-state index contributed by atoms with van der Waals surface area (Å²) in [4.78, 5) is 20.0. The van der Waals surface area contributed by atoms with Crippen LogP contribution in [-0.2, 0) is 10.6 Å². The Balaban J connectivity index is 2.38. The number of carbonyl (C=O) groups excluding carboxylic acids is 1. The quantitative estimate of drug-likeness (QED) is 0.642. The van der Waals surface area contributed by atoms with Gasteiger partial charge < -0.3 is 4.74 Å². The van der Waals surface area contributed by atoms with E-state index in [4.69, 9.17) is 16.3 Å². The summed E-state index contributed by atoms with van der Waals surface area (Å²) in [5.74, 6) is -0.401. The monoisotopic (exact) mass is 294 g/mol. The minimum atomic E-state index is -0.506. The standard InChI is InChI=1S/C14H12ClFN2O2/c1-2-20-14(19)11-8-17-13(18-12(11)7-15)9-3-5-10(16)6-4-9/h3-6,8H,2,7H2,1H3. The highest BCUT2D eigenvalue weighted by molar-refractivity contribution is 6.17. The van der Waals surface area contributed by atoms with E-state index in [1.54, 1.807) is 19.1 Å². The first-order valence-electron chi connectivity index (χ1n) is 6.00. The largest absolute Gasteiger partial charge is 0.462 e. The third-order valence-corrected chi connectivity index (χ3v) is 2.85. The second-order valence-corrected chi connectivity index (χ2v) is 4.18. The van der Waals surface area contributed by atoms with Crippen molar-refractivity contribution in [3.63, 3.8) is 0 Å². The van der Waals surface area contributed by atoms with Crippen LogP contribution in [0.4, 0.5) is 4.39 Å². The molecular formula is C14H12ClFN2O2.